The molecule has 1 fully saturated rings. The average molecular weight is 419 g/mol. The number of nitrogens with one attached hydrogen (secondary N) is 2. The number of hydrogen-bond acceptors (Lipinski definition) is 5. The Bertz CT molecular complexity index is 745. The lowest BCUT2D eigenvalue weighted by Crippen LogP contribution is -2.48. The molecule has 1 unspecified atom stereocenters. The van der Waals surface area contributed by atoms with Crippen LogP contribution < -0.4 is 15.5 Å². The van der Waals surface area contributed by atoms with Gasteiger partial charge in [0.25, 0.3) is 0 Å². The van der Waals surface area contributed by atoms with Gasteiger partial charge >= 0.3 is 5.97 Å². The number of anilines is 2. The van der Waals surface area contributed by atoms with E-state index in [2.05, 4.69) is 17.6 Å². The Morgan fingerprint density at radius 3 is 2.50 bits per heavy atom. The zero-order chi connectivity index (χ0) is 22.1. The number of carboxylic acids is 1. The third-order valence-corrected chi connectivity index (χ3v) is 5.40. The van der Waals surface area contributed by atoms with Crippen molar-refractivity contribution in [1.82, 2.24) is 10.2 Å². The summed E-state index contributed by atoms with van der Waals surface area (Å²) < 4.78 is 0. The Balaban J connectivity index is 2.03. The van der Waals surface area contributed by atoms with E-state index >= 15 is 0 Å². The summed E-state index contributed by atoms with van der Waals surface area (Å²) in [6.45, 7) is 5.13. The first-order valence-corrected chi connectivity index (χ1v) is 10.7. The van der Waals surface area contributed by atoms with Crippen molar-refractivity contribution in [2.24, 2.45) is 5.92 Å². The lowest BCUT2D eigenvalue weighted by molar-refractivity contribution is -0.136. The van der Waals surface area contributed by atoms with Crippen LogP contribution in [-0.4, -0.2) is 68.1 Å². The van der Waals surface area contributed by atoms with Crippen LogP contribution in [0.1, 0.15) is 49.4 Å². The van der Waals surface area contributed by atoms with Crippen LogP contribution in [0.25, 0.3) is 0 Å². The van der Waals surface area contributed by atoms with Crippen LogP contribution in [0, 0.1) is 5.92 Å². The van der Waals surface area contributed by atoms with E-state index in [9.17, 15) is 19.5 Å². The third-order valence-electron chi connectivity index (χ3n) is 5.40. The largest absolute Gasteiger partial charge is 0.478 e. The zero-order valence-corrected chi connectivity index (χ0v) is 18.2. The Kier molecular flexibility index (Phi) is 9.11. The molecule has 1 atom stereocenters. The standard InChI is InChI=1S/C22H34N4O4/c1-4-5-6-16(21(28)26-13-11-23-12-14-26)8-10-20(27)24-18-15-17(22(29)30)7-9-19(18)25(2)3/h7,9,15-16,23H,4-6,8,10-14H2,1-3H3,(H,24,27)(H,29,30). The first kappa shape index (κ1) is 23.7. The summed E-state index contributed by atoms with van der Waals surface area (Å²) in [5, 5.41) is 15.3. The van der Waals surface area contributed by atoms with Crippen LogP contribution >= 0.6 is 0 Å². The number of hydrogen-bond donors (Lipinski definition) is 3. The van der Waals surface area contributed by atoms with E-state index < -0.39 is 5.97 Å². The number of amides is 2. The predicted molar refractivity (Wildman–Crippen MR) is 118 cm³/mol. The molecule has 0 saturated carbocycles. The van der Waals surface area contributed by atoms with Crippen LogP contribution in [0.5, 0.6) is 0 Å². The predicted octanol–water partition coefficient (Wildman–Crippen LogP) is 2.41. The molecule has 1 saturated heterocycles. The molecule has 1 aliphatic heterocycles. The topological polar surface area (TPSA) is 102 Å². The summed E-state index contributed by atoms with van der Waals surface area (Å²) in [7, 11) is 3.66. The first-order chi connectivity index (χ1) is 14.3. The van der Waals surface area contributed by atoms with Crippen LogP contribution in [0.15, 0.2) is 18.2 Å². The van der Waals surface area contributed by atoms with Gasteiger partial charge in [0, 0.05) is 52.6 Å². The fourth-order valence-corrected chi connectivity index (χ4v) is 3.66. The molecule has 0 radical (unpaired) electrons. The summed E-state index contributed by atoms with van der Waals surface area (Å²) >= 11 is 0. The number of piperazine rings is 1. The van der Waals surface area contributed by atoms with Gasteiger partial charge in [0.2, 0.25) is 11.8 Å². The Hall–Kier alpha value is -2.61. The summed E-state index contributed by atoms with van der Waals surface area (Å²) in [5.74, 6) is -1.28. The molecule has 0 aromatic heterocycles. The van der Waals surface area contributed by atoms with Crippen molar-refractivity contribution in [3.05, 3.63) is 23.8 Å². The van der Waals surface area contributed by atoms with E-state index in [-0.39, 0.29) is 29.7 Å². The Morgan fingerprint density at radius 1 is 1.20 bits per heavy atom. The van der Waals surface area contributed by atoms with Gasteiger partial charge in [0.15, 0.2) is 0 Å². The molecule has 1 aliphatic rings. The van der Waals surface area contributed by atoms with Crippen molar-refractivity contribution in [2.75, 3.05) is 50.5 Å². The van der Waals surface area contributed by atoms with Gasteiger partial charge in [-0.1, -0.05) is 19.8 Å². The van der Waals surface area contributed by atoms with Crippen molar-refractivity contribution in [1.29, 1.82) is 0 Å². The molecule has 3 N–H and O–H groups in total. The van der Waals surface area contributed by atoms with Crippen LogP contribution in [0.2, 0.25) is 0 Å². The molecule has 1 heterocycles. The van der Waals surface area contributed by atoms with Gasteiger partial charge in [-0.3, -0.25) is 9.59 Å². The molecule has 30 heavy (non-hydrogen) atoms. The van der Waals surface area contributed by atoms with E-state index in [1.54, 1.807) is 6.07 Å². The summed E-state index contributed by atoms with van der Waals surface area (Å²) in [4.78, 5) is 40.6. The first-order valence-electron chi connectivity index (χ1n) is 10.7. The van der Waals surface area contributed by atoms with E-state index in [0.29, 0.717) is 25.2 Å². The van der Waals surface area contributed by atoms with Crippen molar-refractivity contribution in [3.63, 3.8) is 0 Å². The van der Waals surface area contributed by atoms with Gasteiger partial charge in [-0.15, -0.1) is 0 Å². The highest BCUT2D eigenvalue weighted by Gasteiger charge is 2.25. The summed E-state index contributed by atoms with van der Waals surface area (Å²) in [5.41, 5.74) is 1.31. The van der Waals surface area contributed by atoms with Crippen LogP contribution in [-0.2, 0) is 9.59 Å². The molecular formula is C22H34N4O4. The minimum Gasteiger partial charge on any atom is -0.478 e. The SMILES string of the molecule is CCCCC(CCC(=O)Nc1cc(C(=O)O)ccc1N(C)C)C(=O)N1CCNCC1. The number of aromatic carboxylic acids is 1. The molecule has 0 aliphatic carbocycles. The monoisotopic (exact) mass is 418 g/mol. The Labute approximate surface area is 178 Å². The van der Waals surface area contributed by atoms with Crippen molar-refractivity contribution in [2.45, 2.75) is 39.0 Å². The van der Waals surface area contributed by atoms with Crippen LogP contribution in [0.4, 0.5) is 11.4 Å². The number of nitrogens with zero attached hydrogens (tertiary/aromatic N) is 2. The normalized spacial score (nSPS) is 14.8. The molecular weight excluding hydrogens is 384 g/mol. The number of rotatable bonds is 10. The smallest absolute Gasteiger partial charge is 0.335 e. The highest BCUT2D eigenvalue weighted by molar-refractivity contribution is 5.97. The molecule has 1 aromatic rings. The number of carbonyl (C=O) groups is 3. The minimum absolute atomic E-state index is 0.116. The highest BCUT2D eigenvalue weighted by Crippen LogP contribution is 2.27. The Morgan fingerprint density at radius 2 is 1.90 bits per heavy atom. The van der Waals surface area contributed by atoms with Crippen molar-refractivity contribution in [3.8, 4) is 0 Å². The van der Waals surface area contributed by atoms with E-state index in [4.69, 9.17) is 0 Å². The molecule has 2 rings (SSSR count). The van der Waals surface area contributed by atoms with Crippen LogP contribution in [0.3, 0.4) is 0 Å². The second-order valence-electron chi connectivity index (χ2n) is 7.93. The molecule has 0 bridgehead atoms. The van der Waals surface area contributed by atoms with E-state index in [1.165, 1.54) is 12.1 Å². The average Bonchev–Trinajstić information content (AvgIpc) is 2.73. The molecule has 0 spiro atoms. The minimum atomic E-state index is -1.04. The van der Waals surface area contributed by atoms with Crippen molar-refractivity contribution >= 4 is 29.2 Å². The summed E-state index contributed by atoms with van der Waals surface area (Å²) in [6.07, 6.45) is 3.45. The quantitative estimate of drug-likeness (QED) is 0.539. The second kappa shape index (κ2) is 11.5. The lowest BCUT2D eigenvalue weighted by Gasteiger charge is -2.31. The van der Waals surface area contributed by atoms with E-state index in [0.717, 1.165) is 38.0 Å². The fraction of sp³-hybridized carbons (Fsp3) is 0.591. The van der Waals surface area contributed by atoms with Gasteiger partial charge < -0.3 is 25.5 Å². The van der Waals surface area contributed by atoms with Gasteiger partial charge in [-0.25, -0.2) is 4.79 Å². The molecule has 166 valence electrons. The number of carboxylic acid groups (broad SMARTS) is 1. The maximum atomic E-state index is 12.9. The molecule has 1 aromatic carbocycles. The molecule has 2 amide bonds. The van der Waals surface area contributed by atoms with E-state index in [1.807, 2.05) is 23.9 Å². The second-order valence-corrected chi connectivity index (χ2v) is 7.93. The molecule has 8 heteroatoms. The fourth-order valence-electron chi connectivity index (χ4n) is 3.66. The third kappa shape index (κ3) is 6.73. The maximum absolute atomic E-state index is 12.9. The number of carbonyl (C=O) groups excluding carboxylic acids is 2. The highest BCUT2D eigenvalue weighted by atomic mass is 16.4. The number of unbranched alkanes of at least 4 members (excludes halogenated alkanes) is 1. The number of benzene rings is 1. The van der Waals surface area contributed by atoms with Crippen molar-refractivity contribution < 1.29 is 19.5 Å². The maximum Gasteiger partial charge on any atom is 0.335 e. The lowest BCUT2D eigenvalue weighted by atomic mass is 9.94. The van der Waals surface area contributed by atoms with Gasteiger partial charge in [-0.2, -0.15) is 0 Å². The summed E-state index contributed by atoms with van der Waals surface area (Å²) in [6, 6.07) is 4.66. The molecule has 8 nitrogen and oxygen atoms in total. The van der Waals surface area contributed by atoms with Gasteiger partial charge in [0.05, 0.1) is 16.9 Å². The van der Waals surface area contributed by atoms with Gasteiger partial charge in [-0.05, 0) is 31.0 Å². The van der Waals surface area contributed by atoms with Gasteiger partial charge in [0.1, 0.15) is 0 Å². The zero-order valence-electron chi connectivity index (χ0n) is 18.2.